The molecule has 100 valence electrons. The Bertz CT molecular complexity index is 530. The van der Waals surface area contributed by atoms with E-state index in [0.717, 1.165) is 12.1 Å². The van der Waals surface area contributed by atoms with Crippen LogP contribution in [-0.2, 0) is 9.59 Å². The van der Waals surface area contributed by atoms with Gasteiger partial charge in [0.1, 0.15) is 11.2 Å². The van der Waals surface area contributed by atoms with Crippen LogP contribution in [0.1, 0.15) is 0 Å². The molecule has 0 unspecified atom stereocenters. The van der Waals surface area contributed by atoms with Gasteiger partial charge in [-0.15, -0.1) is 0 Å². The van der Waals surface area contributed by atoms with Crippen LogP contribution in [0.15, 0.2) is 23.1 Å². The fraction of sp³-hybridized carbons (Fsp3) is 0.182. The van der Waals surface area contributed by atoms with E-state index in [2.05, 4.69) is 5.32 Å². The third kappa shape index (κ3) is 4.15. The molecule has 1 aromatic rings. The predicted octanol–water partition coefficient (Wildman–Crippen LogP) is 1.60. The predicted molar refractivity (Wildman–Crippen MR) is 65.1 cm³/mol. The van der Waals surface area contributed by atoms with Crippen LogP contribution in [0.5, 0.6) is 0 Å². The van der Waals surface area contributed by atoms with Crippen molar-refractivity contribution in [3.63, 3.8) is 0 Å². The Labute approximate surface area is 111 Å². The number of thioether (sulfide) groups is 1. The Balaban J connectivity index is 2.85. The van der Waals surface area contributed by atoms with Crippen molar-refractivity contribution in [1.29, 1.82) is 5.26 Å². The zero-order valence-corrected chi connectivity index (χ0v) is 10.3. The molecule has 0 heterocycles. The standard InChI is InChI=1S/C11H9FN2O4S/c12-6-1-2-8(9(3-6)19-5-13)14-4-7(10(15)16)11(17)18/h1-3,7,14H,4H2,(H,15,16)(H,17,18). The second kappa shape index (κ2) is 6.61. The molecular formula is C11H9FN2O4S. The van der Waals surface area contributed by atoms with Crippen molar-refractivity contribution >= 4 is 29.4 Å². The van der Waals surface area contributed by atoms with Crippen LogP contribution < -0.4 is 5.32 Å². The van der Waals surface area contributed by atoms with Crippen molar-refractivity contribution in [3.8, 4) is 5.40 Å². The second-order valence-electron chi connectivity index (χ2n) is 3.44. The van der Waals surface area contributed by atoms with Gasteiger partial charge >= 0.3 is 11.9 Å². The molecule has 0 bridgehead atoms. The summed E-state index contributed by atoms with van der Waals surface area (Å²) in [4.78, 5) is 21.6. The summed E-state index contributed by atoms with van der Waals surface area (Å²) < 4.78 is 13.0. The first-order valence-corrected chi connectivity index (χ1v) is 5.82. The van der Waals surface area contributed by atoms with E-state index in [0.29, 0.717) is 17.4 Å². The Morgan fingerprint density at radius 2 is 2.05 bits per heavy atom. The van der Waals surface area contributed by atoms with Crippen LogP contribution in [-0.4, -0.2) is 28.7 Å². The molecule has 0 saturated carbocycles. The van der Waals surface area contributed by atoms with Crippen LogP contribution in [0.2, 0.25) is 0 Å². The van der Waals surface area contributed by atoms with E-state index >= 15 is 0 Å². The van der Waals surface area contributed by atoms with Crippen LogP contribution >= 0.6 is 11.8 Å². The minimum atomic E-state index is -1.62. The molecule has 0 radical (unpaired) electrons. The summed E-state index contributed by atoms with van der Waals surface area (Å²) in [5.74, 6) is -5.12. The number of halogens is 1. The maximum Gasteiger partial charge on any atom is 0.319 e. The summed E-state index contributed by atoms with van der Waals surface area (Å²) in [6.45, 7) is -0.366. The molecule has 19 heavy (non-hydrogen) atoms. The van der Waals surface area contributed by atoms with E-state index in [1.807, 2.05) is 0 Å². The summed E-state index contributed by atoms with van der Waals surface area (Å²) >= 11 is 0.693. The van der Waals surface area contributed by atoms with Crippen LogP contribution in [0.3, 0.4) is 0 Å². The third-order valence-electron chi connectivity index (χ3n) is 2.19. The molecule has 1 rings (SSSR count). The minimum absolute atomic E-state index is 0.261. The van der Waals surface area contributed by atoms with Gasteiger partial charge in [0.25, 0.3) is 0 Å². The maximum absolute atomic E-state index is 13.0. The van der Waals surface area contributed by atoms with E-state index in [-0.39, 0.29) is 11.4 Å². The van der Waals surface area contributed by atoms with Gasteiger partial charge in [-0.05, 0) is 30.0 Å². The first-order chi connectivity index (χ1) is 8.95. The average molecular weight is 284 g/mol. The summed E-state index contributed by atoms with van der Waals surface area (Å²) in [6.07, 6.45) is 0. The van der Waals surface area contributed by atoms with Gasteiger partial charge in [0.2, 0.25) is 0 Å². The van der Waals surface area contributed by atoms with Crippen molar-refractivity contribution in [3.05, 3.63) is 24.0 Å². The summed E-state index contributed by atoms with van der Waals surface area (Å²) in [6, 6.07) is 3.54. The molecule has 0 amide bonds. The molecule has 0 saturated heterocycles. The Morgan fingerprint density at radius 3 is 2.58 bits per heavy atom. The Morgan fingerprint density at radius 1 is 1.42 bits per heavy atom. The van der Waals surface area contributed by atoms with Crippen LogP contribution in [0.25, 0.3) is 0 Å². The van der Waals surface area contributed by atoms with E-state index < -0.39 is 23.7 Å². The largest absolute Gasteiger partial charge is 0.481 e. The lowest BCUT2D eigenvalue weighted by Crippen LogP contribution is -2.30. The van der Waals surface area contributed by atoms with Gasteiger partial charge < -0.3 is 15.5 Å². The van der Waals surface area contributed by atoms with Gasteiger partial charge in [0, 0.05) is 17.1 Å². The number of nitriles is 1. The van der Waals surface area contributed by atoms with E-state index in [9.17, 15) is 14.0 Å². The number of carboxylic acids is 2. The fourth-order valence-corrected chi connectivity index (χ4v) is 1.79. The van der Waals surface area contributed by atoms with Crippen molar-refractivity contribution in [2.24, 2.45) is 5.92 Å². The average Bonchev–Trinajstić information content (AvgIpc) is 2.31. The number of thiocyanates is 1. The number of anilines is 1. The first kappa shape index (κ1) is 14.8. The Hall–Kier alpha value is -2.27. The fourth-order valence-electron chi connectivity index (χ4n) is 1.27. The van der Waals surface area contributed by atoms with Crippen LogP contribution in [0.4, 0.5) is 10.1 Å². The molecule has 8 heteroatoms. The molecule has 6 nitrogen and oxygen atoms in total. The lowest BCUT2D eigenvalue weighted by molar-refractivity contribution is -0.153. The van der Waals surface area contributed by atoms with Crippen LogP contribution in [0, 0.1) is 22.4 Å². The van der Waals surface area contributed by atoms with E-state index in [1.165, 1.54) is 6.07 Å². The number of hydrogen-bond donors (Lipinski definition) is 3. The van der Waals surface area contributed by atoms with Crippen molar-refractivity contribution in [1.82, 2.24) is 0 Å². The third-order valence-corrected chi connectivity index (χ3v) is 2.84. The lowest BCUT2D eigenvalue weighted by atomic mass is 10.1. The number of benzene rings is 1. The zero-order valence-electron chi connectivity index (χ0n) is 9.46. The molecule has 0 spiro atoms. The topological polar surface area (TPSA) is 110 Å². The summed E-state index contributed by atoms with van der Waals surface area (Å²) in [5.41, 5.74) is 0.306. The van der Waals surface area contributed by atoms with Crippen molar-refractivity contribution in [2.45, 2.75) is 4.90 Å². The highest BCUT2D eigenvalue weighted by Crippen LogP contribution is 2.27. The highest BCUT2D eigenvalue weighted by Gasteiger charge is 2.25. The number of carbonyl (C=O) groups is 2. The minimum Gasteiger partial charge on any atom is -0.481 e. The zero-order chi connectivity index (χ0) is 14.4. The molecular weight excluding hydrogens is 275 g/mol. The monoisotopic (exact) mass is 284 g/mol. The molecule has 0 fully saturated rings. The number of nitrogens with zero attached hydrogens (tertiary/aromatic N) is 1. The SMILES string of the molecule is N#CSc1cc(F)ccc1NCC(C(=O)O)C(=O)O. The molecule has 0 aliphatic carbocycles. The van der Waals surface area contributed by atoms with Gasteiger partial charge in [0.15, 0.2) is 5.92 Å². The van der Waals surface area contributed by atoms with Crippen molar-refractivity contribution < 1.29 is 24.2 Å². The molecule has 0 aliphatic rings. The van der Waals surface area contributed by atoms with Gasteiger partial charge in [-0.1, -0.05) is 0 Å². The van der Waals surface area contributed by atoms with Gasteiger partial charge in [-0.25, -0.2) is 4.39 Å². The highest BCUT2D eigenvalue weighted by molar-refractivity contribution is 8.03. The number of hydrogen-bond acceptors (Lipinski definition) is 5. The highest BCUT2D eigenvalue weighted by atomic mass is 32.2. The van der Waals surface area contributed by atoms with E-state index in [4.69, 9.17) is 15.5 Å². The molecule has 0 aromatic heterocycles. The molecule has 0 aliphatic heterocycles. The Kier molecular flexibility index (Phi) is 5.14. The second-order valence-corrected chi connectivity index (χ2v) is 4.27. The van der Waals surface area contributed by atoms with E-state index in [1.54, 1.807) is 5.40 Å². The lowest BCUT2D eigenvalue weighted by Gasteiger charge is -2.12. The normalized spacial score (nSPS) is 9.95. The van der Waals surface area contributed by atoms with Crippen molar-refractivity contribution in [2.75, 3.05) is 11.9 Å². The first-order valence-electron chi connectivity index (χ1n) is 5.00. The maximum atomic E-state index is 13.0. The summed E-state index contributed by atoms with van der Waals surface area (Å²) in [5, 5.41) is 30.3. The molecule has 0 atom stereocenters. The van der Waals surface area contributed by atoms with Gasteiger partial charge in [-0.2, -0.15) is 5.26 Å². The molecule has 3 N–H and O–H groups in total. The number of rotatable bonds is 6. The number of carboxylic acid groups (broad SMARTS) is 2. The van der Waals surface area contributed by atoms with Gasteiger partial charge in [-0.3, -0.25) is 9.59 Å². The quantitative estimate of drug-likeness (QED) is 0.413. The smallest absolute Gasteiger partial charge is 0.319 e. The number of nitrogens with one attached hydrogen (secondary N) is 1. The van der Waals surface area contributed by atoms with Gasteiger partial charge in [0.05, 0.1) is 0 Å². The molecule has 1 aromatic carbocycles. The summed E-state index contributed by atoms with van der Waals surface area (Å²) in [7, 11) is 0. The number of aliphatic carboxylic acids is 2.